The van der Waals surface area contributed by atoms with Crippen LogP contribution in [-0.2, 0) is 6.54 Å². The van der Waals surface area contributed by atoms with Gasteiger partial charge in [-0.1, -0.05) is 11.6 Å². The molecule has 2 heterocycles. The second-order valence-electron chi connectivity index (χ2n) is 6.39. The molecule has 0 unspecified atom stereocenters. The molecule has 0 fully saturated rings. The number of hydrogen-bond acceptors (Lipinski definition) is 5. The van der Waals surface area contributed by atoms with Crippen molar-refractivity contribution in [3.05, 3.63) is 63.1 Å². The van der Waals surface area contributed by atoms with Gasteiger partial charge in [0, 0.05) is 24.0 Å². The Balaban J connectivity index is 2.13. The molecule has 1 aliphatic heterocycles. The van der Waals surface area contributed by atoms with E-state index in [1.54, 1.807) is 12.1 Å². The molecule has 9 heteroatoms. The smallest absolute Gasteiger partial charge is 0.197 e. The lowest BCUT2D eigenvalue weighted by molar-refractivity contribution is 0.104. The number of hydrogen-bond donors (Lipinski definition) is 2. The van der Waals surface area contributed by atoms with Crippen LogP contribution in [0.5, 0.6) is 5.75 Å². The molecule has 0 spiro atoms. The first kappa shape index (κ1) is 18.9. The minimum absolute atomic E-state index is 0.0500. The monoisotopic (exact) mass is 414 g/mol. The number of nitrogens with one attached hydrogen (secondary N) is 2. The number of rotatable bonds is 3. The maximum absolute atomic E-state index is 15.0. The number of carbonyl (C=O) groups is 1. The van der Waals surface area contributed by atoms with Crippen molar-refractivity contribution in [2.45, 2.75) is 6.54 Å². The summed E-state index contributed by atoms with van der Waals surface area (Å²) in [6.45, 7) is 0.710. The van der Waals surface area contributed by atoms with E-state index in [0.717, 1.165) is 0 Å². The lowest BCUT2D eigenvalue weighted by Crippen LogP contribution is -2.23. The summed E-state index contributed by atoms with van der Waals surface area (Å²) in [5, 5.41) is 19.3. The minimum Gasteiger partial charge on any atom is -0.497 e. The maximum atomic E-state index is 15.0. The number of benzene rings is 2. The normalized spacial score (nSPS) is 12.4. The van der Waals surface area contributed by atoms with Crippen LogP contribution in [0.4, 0.5) is 14.6 Å². The summed E-state index contributed by atoms with van der Waals surface area (Å²) in [6, 6.07) is 7.67. The fourth-order valence-corrected chi connectivity index (χ4v) is 3.80. The first-order valence-electron chi connectivity index (χ1n) is 8.55. The number of fused-ring (bicyclic) bond motifs is 2. The van der Waals surface area contributed by atoms with Gasteiger partial charge in [-0.3, -0.25) is 10.2 Å². The molecule has 29 heavy (non-hydrogen) atoms. The van der Waals surface area contributed by atoms with Crippen LogP contribution in [0.2, 0.25) is 5.02 Å². The molecular weight excluding hydrogens is 402 g/mol. The highest BCUT2D eigenvalue weighted by atomic mass is 35.5. The first-order chi connectivity index (χ1) is 13.9. The summed E-state index contributed by atoms with van der Waals surface area (Å²) in [6.07, 6.45) is 0. The van der Waals surface area contributed by atoms with E-state index in [2.05, 4.69) is 5.32 Å². The lowest BCUT2D eigenvalue weighted by atomic mass is 9.96. The molecule has 146 valence electrons. The van der Waals surface area contributed by atoms with Crippen LogP contribution >= 0.6 is 11.6 Å². The SMILES string of the molecule is COc1ccc(C(=O)c2c3n(c(=N)c4c(F)c(C#N)c(F)c(Cl)c24)CCN3)cc1. The van der Waals surface area contributed by atoms with E-state index >= 15 is 0 Å². The Bertz CT molecular complexity index is 1290. The van der Waals surface area contributed by atoms with Crippen molar-refractivity contribution in [1.29, 1.82) is 10.7 Å². The van der Waals surface area contributed by atoms with Crippen molar-refractivity contribution in [3.8, 4) is 11.8 Å². The molecule has 0 saturated carbocycles. The standard InChI is InChI=1S/C20H13ClF2N4O2/c1-29-10-4-2-9(3-5-10)18(28)14-12-13(19(25)27-7-6-26-20(14)27)16(22)11(8-24)17(23)15(12)21/h2-5,25-26H,6-7H2,1H3. The van der Waals surface area contributed by atoms with Crippen LogP contribution in [0.3, 0.4) is 0 Å². The fraction of sp³-hybridized carbons (Fsp3) is 0.150. The van der Waals surface area contributed by atoms with Crippen molar-refractivity contribution in [2.24, 2.45) is 0 Å². The lowest BCUT2D eigenvalue weighted by Gasteiger charge is -2.17. The number of ether oxygens (including phenoxy) is 1. The number of aromatic nitrogens is 1. The zero-order valence-corrected chi connectivity index (χ0v) is 15.8. The summed E-state index contributed by atoms with van der Waals surface area (Å²) < 4.78 is 36.1. The summed E-state index contributed by atoms with van der Waals surface area (Å²) >= 11 is 6.15. The van der Waals surface area contributed by atoms with Crippen LogP contribution in [-0.4, -0.2) is 24.0 Å². The zero-order valence-electron chi connectivity index (χ0n) is 15.1. The highest BCUT2D eigenvalue weighted by molar-refractivity contribution is 6.38. The Labute approximate surface area is 168 Å². The van der Waals surface area contributed by atoms with Crippen molar-refractivity contribution in [1.82, 2.24) is 4.57 Å². The summed E-state index contributed by atoms with van der Waals surface area (Å²) in [5.74, 6) is -2.19. The van der Waals surface area contributed by atoms with Crippen molar-refractivity contribution >= 4 is 34.0 Å². The molecule has 0 bridgehead atoms. The highest BCUT2D eigenvalue weighted by Crippen LogP contribution is 2.37. The predicted octanol–water partition coefficient (Wildman–Crippen LogP) is 3.59. The average Bonchev–Trinajstić information content (AvgIpc) is 3.22. The Kier molecular flexibility index (Phi) is 4.47. The first-order valence-corrected chi connectivity index (χ1v) is 8.92. The molecule has 2 aromatic carbocycles. The third kappa shape index (κ3) is 2.66. The van der Waals surface area contributed by atoms with Gasteiger partial charge in [0.15, 0.2) is 17.4 Å². The van der Waals surface area contributed by atoms with Gasteiger partial charge in [-0.05, 0) is 24.3 Å². The minimum atomic E-state index is -1.26. The van der Waals surface area contributed by atoms with Gasteiger partial charge in [-0.15, -0.1) is 0 Å². The highest BCUT2D eigenvalue weighted by Gasteiger charge is 2.30. The molecule has 0 radical (unpaired) electrons. The number of ketones is 1. The third-order valence-electron chi connectivity index (χ3n) is 4.90. The van der Waals surface area contributed by atoms with Gasteiger partial charge < -0.3 is 14.6 Å². The van der Waals surface area contributed by atoms with E-state index in [1.165, 1.54) is 29.9 Å². The topological polar surface area (TPSA) is 90.9 Å². The average molecular weight is 415 g/mol. The van der Waals surface area contributed by atoms with Gasteiger partial charge in [-0.25, -0.2) is 8.78 Å². The van der Waals surface area contributed by atoms with Crippen molar-refractivity contribution in [2.75, 3.05) is 19.0 Å². The van der Waals surface area contributed by atoms with Crippen LogP contribution in [0.25, 0.3) is 10.8 Å². The van der Waals surface area contributed by atoms with Crippen molar-refractivity contribution < 1.29 is 18.3 Å². The number of methoxy groups -OCH3 is 1. The Hall–Kier alpha value is -3.44. The van der Waals surface area contributed by atoms with E-state index in [1.807, 2.05) is 0 Å². The predicted molar refractivity (Wildman–Crippen MR) is 102 cm³/mol. The van der Waals surface area contributed by atoms with Gasteiger partial charge in [0.25, 0.3) is 0 Å². The van der Waals surface area contributed by atoms with Gasteiger partial charge in [0.1, 0.15) is 28.7 Å². The summed E-state index contributed by atoms with van der Waals surface area (Å²) in [7, 11) is 1.49. The molecule has 6 nitrogen and oxygen atoms in total. The van der Waals surface area contributed by atoms with Crippen LogP contribution < -0.4 is 15.5 Å². The molecule has 1 aliphatic rings. The molecule has 4 rings (SSSR count). The molecule has 0 aliphatic carbocycles. The molecule has 0 saturated heterocycles. The van der Waals surface area contributed by atoms with E-state index in [-0.39, 0.29) is 33.2 Å². The van der Waals surface area contributed by atoms with Gasteiger partial charge >= 0.3 is 0 Å². The number of anilines is 1. The second-order valence-corrected chi connectivity index (χ2v) is 6.76. The molecular formula is C20H13ClF2N4O2. The van der Waals surface area contributed by atoms with E-state index in [9.17, 15) is 13.6 Å². The number of carbonyl (C=O) groups excluding carboxylic acids is 1. The molecule has 0 atom stereocenters. The molecule has 0 amide bonds. The van der Waals surface area contributed by atoms with Gasteiger partial charge in [0.05, 0.1) is 23.1 Å². The summed E-state index contributed by atoms with van der Waals surface area (Å²) in [4.78, 5) is 13.3. The van der Waals surface area contributed by atoms with Gasteiger partial charge in [-0.2, -0.15) is 5.26 Å². The Morgan fingerprint density at radius 2 is 1.97 bits per heavy atom. The summed E-state index contributed by atoms with van der Waals surface area (Å²) in [5.41, 5.74) is -0.971. The van der Waals surface area contributed by atoms with E-state index in [4.69, 9.17) is 27.0 Å². The third-order valence-corrected chi connectivity index (χ3v) is 5.26. The fourth-order valence-electron chi connectivity index (χ4n) is 3.52. The Morgan fingerprint density at radius 1 is 1.28 bits per heavy atom. The van der Waals surface area contributed by atoms with E-state index < -0.39 is 28.0 Å². The second kappa shape index (κ2) is 6.87. The largest absolute Gasteiger partial charge is 0.497 e. The quantitative estimate of drug-likeness (QED) is 0.506. The maximum Gasteiger partial charge on any atom is 0.197 e. The zero-order chi connectivity index (χ0) is 20.9. The van der Waals surface area contributed by atoms with Crippen LogP contribution in [0.1, 0.15) is 21.5 Å². The molecule has 3 aromatic rings. The van der Waals surface area contributed by atoms with Crippen LogP contribution in [0, 0.1) is 28.4 Å². The number of pyridine rings is 1. The molecule has 1 aromatic heterocycles. The molecule has 2 N–H and O–H groups in total. The van der Waals surface area contributed by atoms with Crippen LogP contribution in [0.15, 0.2) is 24.3 Å². The van der Waals surface area contributed by atoms with Gasteiger partial charge in [0.2, 0.25) is 0 Å². The van der Waals surface area contributed by atoms with Crippen molar-refractivity contribution in [3.63, 3.8) is 0 Å². The number of nitriles is 1. The Morgan fingerprint density at radius 3 is 2.59 bits per heavy atom. The number of nitrogens with zero attached hydrogens (tertiary/aromatic N) is 2. The van der Waals surface area contributed by atoms with E-state index in [0.29, 0.717) is 18.8 Å². The number of halogens is 3.